The summed E-state index contributed by atoms with van der Waals surface area (Å²) >= 11 is 0. The van der Waals surface area contributed by atoms with Crippen molar-refractivity contribution < 1.29 is 18.8 Å². The molecule has 2 fully saturated rings. The number of rotatable bonds is 7. The Hall–Kier alpha value is -3.90. The Bertz CT molecular complexity index is 1160. The molecule has 0 radical (unpaired) electrons. The Kier molecular flexibility index (Phi) is 8.09. The average molecular weight is 506 g/mol. The second-order valence-electron chi connectivity index (χ2n) is 9.79. The molecule has 2 aliphatic rings. The summed E-state index contributed by atoms with van der Waals surface area (Å²) in [5, 5.41) is 5.98. The third kappa shape index (κ3) is 5.92. The van der Waals surface area contributed by atoms with Crippen molar-refractivity contribution in [3.63, 3.8) is 0 Å². The van der Waals surface area contributed by atoms with Gasteiger partial charge >= 0.3 is 6.03 Å². The number of benzene rings is 2. The number of carbonyl (C=O) groups is 3. The summed E-state index contributed by atoms with van der Waals surface area (Å²) in [7, 11) is 0. The van der Waals surface area contributed by atoms with Gasteiger partial charge in [0.2, 0.25) is 11.8 Å². The molecule has 0 unspecified atom stereocenters. The lowest BCUT2D eigenvalue weighted by Crippen LogP contribution is -2.76. The highest BCUT2D eigenvalue weighted by atomic mass is 19.1. The van der Waals surface area contributed by atoms with Crippen LogP contribution in [0.2, 0.25) is 0 Å². The molecule has 0 bridgehead atoms. The van der Waals surface area contributed by atoms with Crippen LogP contribution in [0.4, 0.5) is 9.18 Å². The van der Waals surface area contributed by atoms with Gasteiger partial charge in [-0.3, -0.25) is 9.59 Å². The normalized spacial score (nSPS) is 20.1. The maximum atomic E-state index is 13.6. The van der Waals surface area contributed by atoms with Crippen molar-refractivity contribution in [2.75, 3.05) is 19.6 Å². The Labute approximate surface area is 217 Å². The first-order valence-electron chi connectivity index (χ1n) is 12.4. The van der Waals surface area contributed by atoms with Crippen LogP contribution in [0, 0.1) is 24.1 Å². The zero-order chi connectivity index (χ0) is 26.5. The molecule has 9 heteroatoms. The predicted octanol–water partition coefficient (Wildman–Crippen LogP) is 2.81. The number of fused-ring (bicyclic) bond motifs is 1. The number of carbonyl (C=O) groups excluding carboxylic acids is 3. The Morgan fingerprint density at radius 3 is 2.46 bits per heavy atom. The van der Waals surface area contributed by atoms with Gasteiger partial charge in [-0.05, 0) is 35.6 Å². The third-order valence-corrected chi connectivity index (χ3v) is 6.58. The van der Waals surface area contributed by atoms with Gasteiger partial charge in [-0.25, -0.2) is 14.2 Å². The zero-order valence-electron chi connectivity index (χ0n) is 21.1. The number of urea groups is 1. The number of hydrogen-bond acceptors (Lipinski definition) is 4. The van der Waals surface area contributed by atoms with E-state index in [2.05, 4.69) is 11.2 Å². The molecule has 1 N–H and O–H groups in total. The summed E-state index contributed by atoms with van der Waals surface area (Å²) in [5.74, 6) is 1.89. The van der Waals surface area contributed by atoms with Gasteiger partial charge in [0, 0.05) is 13.1 Å². The molecule has 4 rings (SSSR count). The van der Waals surface area contributed by atoms with E-state index in [1.807, 2.05) is 44.2 Å². The Morgan fingerprint density at radius 2 is 1.81 bits per heavy atom. The van der Waals surface area contributed by atoms with Gasteiger partial charge in [0.05, 0.1) is 19.6 Å². The van der Waals surface area contributed by atoms with E-state index < -0.39 is 18.2 Å². The minimum atomic E-state index is -0.729. The molecule has 0 spiro atoms. The molecule has 0 aliphatic carbocycles. The van der Waals surface area contributed by atoms with Gasteiger partial charge < -0.3 is 15.1 Å². The first-order valence-corrected chi connectivity index (χ1v) is 12.4. The van der Waals surface area contributed by atoms with E-state index in [1.165, 1.54) is 17.1 Å². The highest BCUT2D eigenvalue weighted by Gasteiger charge is 2.51. The van der Waals surface area contributed by atoms with Crippen molar-refractivity contribution in [2.24, 2.45) is 5.92 Å². The molecule has 2 heterocycles. The first-order chi connectivity index (χ1) is 17.8. The number of terminal acetylenes is 1. The number of nitrogens with one attached hydrogen (secondary N) is 1. The quantitative estimate of drug-likeness (QED) is 0.588. The fraction of sp³-hybridized carbons (Fsp3) is 0.393. The molecular weight excluding hydrogens is 473 g/mol. The van der Waals surface area contributed by atoms with Gasteiger partial charge in [0.1, 0.15) is 18.0 Å². The molecule has 8 nitrogen and oxygen atoms in total. The SMILES string of the molecule is C#CCN1CC(=O)N2[C@@H](CC(C)C)C(=O)N(Cc3ccc(F)cc3)C[C@@H]2N1C(=O)NCc1ccccc1. The number of nitrogens with zero attached hydrogens (tertiary/aromatic N) is 4. The van der Waals surface area contributed by atoms with E-state index in [4.69, 9.17) is 6.42 Å². The van der Waals surface area contributed by atoms with E-state index in [9.17, 15) is 18.8 Å². The smallest absolute Gasteiger partial charge is 0.333 e. The number of piperazine rings is 1. The molecule has 2 aliphatic heterocycles. The maximum Gasteiger partial charge on any atom is 0.334 e. The van der Waals surface area contributed by atoms with E-state index in [1.54, 1.807) is 26.9 Å². The van der Waals surface area contributed by atoms with Gasteiger partial charge in [0.25, 0.3) is 0 Å². The minimum Gasteiger partial charge on any atom is -0.333 e. The second kappa shape index (κ2) is 11.4. The Morgan fingerprint density at radius 1 is 1.11 bits per heavy atom. The number of hydrogen-bond donors (Lipinski definition) is 1. The summed E-state index contributed by atoms with van der Waals surface area (Å²) < 4.78 is 13.5. The molecule has 2 atom stereocenters. The standard InChI is InChI=1S/C28H32FN5O3/c1-4-14-32-19-26(35)33-24(15-20(2)3)27(36)31(17-22-10-12-23(29)13-11-22)18-25(33)34(32)28(37)30-16-21-8-6-5-7-9-21/h1,5-13,20,24-25H,14-19H2,2-3H3,(H,30,37)/t24-,25-/m0/s1. The molecular formula is C28H32FN5O3. The summed E-state index contributed by atoms with van der Waals surface area (Å²) in [5.41, 5.74) is 1.69. The number of halogens is 1. The summed E-state index contributed by atoms with van der Waals surface area (Å²) in [6.45, 7) is 4.59. The summed E-state index contributed by atoms with van der Waals surface area (Å²) in [6, 6.07) is 14.4. The molecule has 4 amide bonds. The van der Waals surface area contributed by atoms with Crippen molar-refractivity contribution >= 4 is 17.8 Å². The second-order valence-corrected chi connectivity index (χ2v) is 9.79. The van der Waals surface area contributed by atoms with Crippen LogP contribution in [0.15, 0.2) is 54.6 Å². The fourth-order valence-corrected chi connectivity index (χ4v) is 4.92. The minimum absolute atomic E-state index is 0.0651. The van der Waals surface area contributed by atoms with Gasteiger partial charge in [-0.2, -0.15) is 5.01 Å². The highest BCUT2D eigenvalue weighted by Crippen LogP contribution is 2.30. The third-order valence-electron chi connectivity index (χ3n) is 6.58. The number of hydrazine groups is 1. The molecule has 37 heavy (non-hydrogen) atoms. The van der Waals surface area contributed by atoms with Gasteiger partial charge in [-0.1, -0.05) is 62.2 Å². The van der Waals surface area contributed by atoms with Crippen LogP contribution >= 0.6 is 0 Å². The summed E-state index contributed by atoms with van der Waals surface area (Å²) in [4.78, 5) is 43.7. The topological polar surface area (TPSA) is 76.2 Å². The molecule has 0 saturated carbocycles. The lowest BCUT2D eigenvalue weighted by atomic mass is 9.96. The van der Waals surface area contributed by atoms with Crippen LogP contribution in [0.1, 0.15) is 31.4 Å². The lowest BCUT2D eigenvalue weighted by molar-refractivity contribution is -0.190. The van der Waals surface area contributed by atoms with Crippen LogP contribution in [0.5, 0.6) is 0 Å². The van der Waals surface area contributed by atoms with Gasteiger partial charge in [0.15, 0.2) is 0 Å². The monoisotopic (exact) mass is 505 g/mol. The van der Waals surface area contributed by atoms with Gasteiger partial charge in [-0.15, -0.1) is 6.42 Å². The largest absolute Gasteiger partial charge is 0.334 e. The average Bonchev–Trinajstić information content (AvgIpc) is 2.87. The molecule has 0 aromatic heterocycles. The van der Waals surface area contributed by atoms with Crippen molar-refractivity contribution in [1.82, 2.24) is 25.1 Å². The van der Waals surface area contributed by atoms with Crippen LogP contribution in [0.25, 0.3) is 0 Å². The van der Waals surface area contributed by atoms with E-state index >= 15 is 0 Å². The first kappa shape index (κ1) is 26.2. The van der Waals surface area contributed by atoms with Crippen molar-refractivity contribution in [1.29, 1.82) is 0 Å². The van der Waals surface area contributed by atoms with Crippen molar-refractivity contribution in [3.8, 4) is 12.3 Å². The number of amides is 4. The Balaban J connectivity index is 1.65. The van der Waals surface area contributed by atoms with Crippen molar-refractivity contribution in [2.45, 2.75) is 45.6 Å². The van der Waals surface area contributed by atoms with Crippen LogP contribution in [-0.2, 0) is 22.7 Å². The maximum absolute atomic E-state index is 13.6. The molecule has 2 saturated heterocycles. The van der Waals surface area contributed by atoms with E-state index in [0.29, 0.717) is 13.0 Å². The van der Waals surface area contributed by atoms with Crippen LogP contribution < -0.4 is 5.32 Å². The molecule has 2 aromatic rings. The van der Waals surface area contributed by atoms with Crippen molar-refractivity contribution in [3.05, 3.63) is 71.5 Å². The molecule has 2 aromatic carbocycles. The van der Waals surface area contributed by atoms with E-state index in [0.717, 1.165) is 11.1 Å². The van der Waals surface area contributed by atoms with Crippen LogP contribution in [-0.4, -0.2) is 69.5 Å². The molecule has 194 valence electrons. The predicted molar refractivity (Wildman–Crippen MR) is 137 cm³/mol. The van der Waals surface area contributed by atoms with E-state index in [-0.39, 0.29) is 49.7 Å². The fourth-order valence-electron chi connectivity index (χ4n) is 4.92. The zero-order valence-corrected chi connectivity index (χ0v) is 21.1. The van der Waals surface area contributed by atoms with Crippen LogP contribution in [0.3, 0.4) is 0 Å². The highest BCUT2D eigenvalue weighted by molar-refractivity contribution is 5.91. The summed E-state index contributed by atoms with van der Waals surface area (Å²) in [6.07, 6.45) is 5.31. The lowest BCUT2D eigenvalue weighted by Gasteiger charge is -2.55.